The molecule has 3 nitrogen and oxygen atoms in total. The van der Waals surface area contributed by atoms with Crippen LogP contribution in [0.25, 0.3) is 0 Å². The molecule has 3 heteroatoms. The van der Waals surface area contributed by atoms with Gasteiger partial charge in [-0.3, -0.25) is 9.79 Å². The zero-order chi connectivity index (χ0) is 16.1. The first-order valence-corrected chi connectivity index (χ1v) is 7.72. The Morgan fingerprint density at radius 1 is 1.00 bits per heavy atom. The number of rotatable bonds is 5. The van der Waals surface area contributed by atoms with Gasteiger partial charge in [0.2, 0.25) is 0 Å². The van der Waals surface area contributed by atoms with E-state index in [0.717, 1.165) is 28.3 Å². The summed E-state index contributed by atoms with van der Waals surface area (Å²) in [6, 6.07) is 18.1. The minimum atomic E-state index is 0.135. The molecule has 2 aromatic carbocycles. The van der Waals surface area contributed by atoms with Crippen molar-refractivity contribution in [2.45, 2.75) is 26.4 Å². The number of allylic oxidation sites excluding steroid dienone is 2. The fraction of sp³-hybridized carbons (Fsp3) is 0.200. The van der Waals surface area contributed by atoms with Crippen LogP contribution in [0.2, 0.25) is 0 Å². The zero-order valence-electron chi connectivity index (χ0n) is 13.2. The third kappa shape index (κ3) is 4.39. The topological polar surface area (TPSA) is 38.7 Å². The number of nitrogens with zero attached hydrogens (tertiary/aromatic N) is 1. The molecule has 116 valence electrons. The summed E-state index contributed by atoms with van der Waals surface area (Å²) < 4.78 is 5.78. The van der Waals surface area contributed by atoms with Gasteiger partial charge in [0.05, 0.1) is 0 Å². The van der Waals surface area contributed by atoms with E-state index in [1.807, 2.05) is 61.5 Å². The highest BCUT2D eigenvalue weighted by Gasteiger charge is 2.12. The van der Waals surface area contributed by atoms with E-state index in [0.29, 0.717) is 19.4 Å². The minimum absolute atomic E-state index is 0.135. The SMILES string of the molecule is CC1=CC(=O)CC(Cc2ccc(OCc3ccccc3)cc2)=N1. The molecule has 0 N–H and O–H groups in total. The largest absolute Gasteiger partial charge is 0.489 e. The van der Waals surface area contributed by atoms with Crippen molar-refractivity contribution < 1.29 is 9.53 Å². The summed E-state index contributed by atoms with van der Waals surface area (Å²) in [4.78, 5) is 16.0. The number of hydrogen-bond donors (Lipinski definition) is 0. The first-order valence-electron chi connectivity index (χ1n) is 7.72. The Bertz CT molecular complexity index is 743. The number of benzene rings is 2. The number of ketones is 1. The van der Waals surface area contributed by atoms with Crippen LogP contribution in [0.3, 0.4) is 0 Å². The van der Waals surface area contributed by atoms with Gasteiger partial charge in [-0.05, 0) is 30.2 Å². The van der Waals surface area contributed by atoms with E-state index >= 15 is 0 Å². The summed E-state index contributed by atoms with van der Waals surface area (Å²) in [5.41, 5.74) is 4.00. The third-order valence-electron chi connectivity index (χ3n) is 3.66. The third-order valence-corrected chi connectivity index (χ3v) is 3.66. The first kappa shape index (κ1) is 15.2. The van der Waals surface area contributed by atoms with Gasteiger partial charge in [-0.2, -0.15) is 0 Å². The second kappa shape index (κ2) is 7.05. The summed E-state index contributed by atoms with van der Waals surface area (Å²) in [6.45, 7) is 2.42. The lowest BCUT2D eigenvalue weighted by Crippen LogP contribution is -2.13. The molecule has 0 bridgehead atoms. The molecule has 0 saturated heterocycles. The molecular formula is C20H19NO2. The zero-order valence-corrected chi connectivity index (χ0v) is 13.2. The number of carbonyl (C=O) groups is 1. The van der Waals surface area contributed by atoms with Crippen LogP contribution in [-0.4, -0.2) is 11.5 Å². The van der Waals surface area contributed by atoms with Gasteiger partial charge in [0.1, 0.15) is 12.4 Å². The highest BCUT2D eigenvalue weighted by atomic mass is 16.5. The standard InChI is InChI=1S/C20H19NO2/c1-15-11-19(22)13-18(21-15)12-16-7-9-20(10-8-16)23-14-17-5-3-2-4-6-17/h2-11H,12-14H2,1H3. The molecule has 3 rings (SSSR count). The molecule has 0 aliphatic carbocycles. The van der Waals surface area contributed by atoms with Crippen molar-refractivity contribution in [2.75, 3.05) is 0 Å². The molecule has 0 spiro atoms. The van der Waals surface area contributed by atoms with E-state index in [1.54, 1.807) is 6.08 Å². The molecular weight excluding hydrogens is 286 g/mol. The van der Waals surface area contributed by atoms with Crippen LogP contribution in [0.4, 0.5) is 0 Å². The summed E-state index contributed by atoms with van der Waals surface area (Å²) >= 11 is 0. The van der Waals surface area contributed by atoms with E-state index in [2.05, 4.69) is 4.99 Å². The van der Waals surface area contributed by atoms with Crippen molar-refractivity contribution in [3.63, 3.8) is 0 Å². The van der Waals surface area contributed by atoms with Gasteiger partial charge in [-0.15, -0.1) is 0 Å². The maximum absolute atomic E-state index is 11.6. The molecule has 0 aromatic heterocycles. The molecule has 0 fully saturated rings. The Labute approximate surface area is 136 Å². The Morgan fingerprint density at radius 2 is 1.74 bits per heavy atom. The quantitative estimate of drug-likeness (QED) is 0.833. The Morgan fingerprint density at radius 3 is 2.43 bits per heavy atom. The van der Waals surface area contributed by atoms with Gasteiger partial charge >= 0.3 is 0 Å². The van der Waals surface area contributed by atoms with Crippen molar-refractivity contribution in [1.29, 1.82) is 0 Å². The second-order valence-corrected chi connectivity index (χ2v) is 5.70. The molecule has 0 unspecified atom stereocenters. The smallest absolute Gasteiger partial charge is 0.163 e. The van der Waals surface area contributed by atoms with E-state index in [-0.39, 0.29) is 5.78 Å². The molecule has 0 radical (unpaired) electrons. The summed E-state index contributed by atoms with van der Waals surface area (Å²) in [6.07, 6.45) is 2.73. The van der Waals surface area contributed by atoms with E-state index in [4.69, 9.17) is 4.74 Å². The number of carbonyl (C=O) groups excluding carboxylic acids is 1. The number of aliphatic imine (C=N–C) groups is 1. The fourth-order valence-electron chi connectivity index (χ4n) is 2.59. The molecule has 1 aliphatic heterocycles. The van der Waals surface area contributed by atoms with Crippen LogP contribution in [0.15, 0.2) is 71.4 Å². The van der Waals surface area contributed by atoms with Crippen molar-refractivity contribution >= 4 is 11.5 Å². The highest BCUT2D eigenvalue weighted by Crippen LogP contribution is 2.17. The van der Waals surface area contributed by atoms with Crippen molar-refractivity contribution in [3.8, 4) is 5.75 Å². The van der Waals surface area contributed by atoms with Crippen LogP contribution in [-0.2, 0) is 17.8 Å². The van der Waals surface area contributed by atoms with Crippen LogP contribution >= 0.6 is 0 Å². The average Bonchev–Trinajstić information content (AvgIpc) is 2.54. The van der Waals surface area contributed by atoms with Crippen LogP contribution in [0, 0.1) is 0 Å². The van der Waals surface area contributed by atoms with Crippen LogP contribution < -0.4 is 4.74 Å². The van der Waals surface area contributed by atoms with Gasteiger partial charge in [0.25, 0.3) is 0 Å². The lowest BCUT2D eigenvalue weighted by atomic mass is 10.0. The van der Waals surface area contributed by atoms with Gasteiger partial charge in [-0.25, -0.2) is 0 Å². The fourth-order valence-corrected chi connectivity index (χ4v) is 2.59. The monoisotopic (exact) mass is 305 g/mol. The molecule has 0 saturated carbocycles. The summed E-state index contributed by atoms with van der Waals surface area (Å²) in [5.74, 6) is 0.977. The van der Waals surface area contributed by atoms with Crippen LogP contribution in [0.1, 0.15) is 24.5 Å². The van der Waals surface area contributed by atoms with Crippen molar-refractivity contribution in [1.82, 2.24) is 0 Å². The normalized spacial score (nSPS) is 14.2. The Balaban J connectivity index is 1.59. The number of hydrogen-bond acceptors (Lipinski definition) is 3. The predicted octanol–water partition coefficient (Wildman–Crippen LogP) is 4.13. The Hall–Kier alpha value is -2.68. The molecule has 1 aliphatic rings. The average molecular weight is 305 g/mol. The van der Waals surface area contributed by atoms with Gasteiger partial charge in [0, 0.05) is 30.3 Å². The minimum Gasteiger partial charge on any atom is -0.489 e. The Kier molecular flexibility index (Phi) is 4.67. The maximum atomic E-state index is 11.6. The highest BCUT2D eigenvalue weighted by molar-refractivity contribution is 6.09. The number of ether oxygens (including phenoxy) is 1. The van der Waals surface area contributed by atoms with Gasteiger partial charge in [-0.1, -0.05) is 42.5 Å². The predicted molar refractivity (Wildman–Crippen MR) is 91.7 cm³/mol. The van der Waals surface area contributed by atoms with Crippen molar-refractivity contribution in [3.05, 3.63) is 77.5 Å². The van der Waals surface area contributed by atoms with Crippen molar-refractivity contribution in [2.24, 2.45) is 4.99 Å². The molecule has 0 atom stereocenters. The maximum Gasteiger partial charge on any atom is 0.163 e. The molecule has 23 heavy (non-hydrogen) atoms. The van der Waals surface area contributed by atoms with E-state index in [1.165, 1.54) is 0 Å². The van der Waals surface area contributed by atoms with E-state index < -0.39 is 0 Å². The molecule has 0 amide bonds. The molecule has 2 aromatic rings. The summed E-state index contributed by atoms with van der Waals surface area (Å²) in [5, 5.41) is 0. The van der Waals surface area contributed by atoms with Gasteiger partial charge < -0.3 is 4.74 Å². The molecule has 1 heterocycles. The summed E-state index contributed by atoms with van der Waals surface area (Å²) in [7, 11) is 0. The van der Waals surface area contributed by atoms with E-state index in [9.17, 15) is 4.79 Å². The lowest BCUT2D eigenvalue weighted by molar-refractivity contribution is -0.113. The van der Waals surface area contributed by atoms with Crippen LogP contribution in [0.5, 0.6) is 5.75 Å². The lowest BCUT2D eigenvalue weighted by Gasteiger charge is -2.11. The second-order valence-electron chi connectivity index (χ2n) is 5.70. The first-order chi connectivity index (χ1) is 11.2. The van der Waals surface area contributed by atoms with Gasteiger partial charge in [0.15, 0.2) is 5.78 Å².